The van der Waals surface area contributed by atoms with Gasteiger partial charge in [-0.2, -0.15) is 0 Å². The third kappa shape index (κ3) is 6.39. The Morgan fingerprint density at radius 3 is 2.67 bits per heavy atom. The Morgan fingerprint density at radius 2 is 2.20 bits per heavy atom. The van der Waals surface area contributed by atoms with Gasteiger partial charge < -0.3 is 10.2 Å². The van der Waals surface area contributed by atoms with Gasteiger partial charge in [0.1, 0.15) is 0 Å². The van der Waals surface area contributed by atoms with E-state index in [2.05, 4.69) is 25.2 Å². The molecular weight excluding hydrogens is 212 g/mol. The number of amides is 1. The Labute approximate surface area is 97.5 Å². The SMILES string of the molecule is CCC(NC=O)C(C)/C=C\N(C)CCCl. The van der Waals surface area contributed by atoms with Crippen LogP contribution in [0.1, 0.15) is 20.3 Å². The van der Waals surface area contributed by atoms with Gasteiger partial charge in [0.25, 0.3) is 0 Å². The lowest BCUT2D eigenvalue weighted by atomic mass is 10.00. The van der Waals surface area contributed by atoms with Crippen molar-refractivity contribution in [1.82, 2.24) is 10.2 Å². The molecule has 0 aliphatic rings. The molecule has 15 heavy (non-hydrogen) atoms. The van der Waals surface area contributed by atoms with Crippen LogP contribution in [0.3, 0.4) is 0 Å². The largest absolute Gasteiger partial charge is 0.379 e. The molecule has 0 saturated heterocycles. The molecule has 3 nitrogen and oxygen atoms in total. The van der Waals surface area contributed by atoms with E-state index in [0.717, 1.165) is 19.4 Å². The number of halogens is 1. The fourth-order valence-corrected chi connectivity index (χ4v) is 1.62. The molecule has 88 valence electrons. The summed E-state index contributed by atoms with van der Waals surface area (Å²) in [6.45, 7) is 4.99. The number of alkyl halides is 1. The molecule has 2 unspecified atom stereocenters. The summed E-state index contributed by atoms with van der Waals surface area (Å²) in [6, 6.07) is 0.211. The van der Waals surface area contributed by atoms with Crippen LogP contribution in [0.5, 0.6) is 0 Å². The maximum Gasteiger partial charge on any atom is 0.207 e. The highest BCUT2D eigenvalue weighted by atomic mass is 35.5. The van der Waals surface area contributed by atoms with Gasteiger partial charge in [0.2, 0.25) is 6.41 Å². The van der Waals surface area contributed by atoms with Crippen LogP contribution in [-0.4, -0.2) is 36.8 Å². The van der Waals surface area contributed by atoms with Gasteiger partial charge in [0.05, 0.1) is 0 Å². The first-order chi connectivity index (χ1) is 7.15. The smallest absolute Gasteiger partial charge is 0.207 e. The van der Waals surface area contributed by atoms with E-state index in [-0.39, 0.29) is 6.04 Å². The van der Waals surface area contributed by atoms with Gasteiger partial charge in [-0.1, -0.05) is 19.9 Å². The topological polar surface area (TPSA) is 32.3 Å². The van der Waals surface area contributed by atoms with Gasteiger partial charge in [-0.15, -0.1) is 11.6 Å². The summed E-state index contributed by atoms with van der Waals surface area (Å²) in [7, 11) is 1.99. The molecule has 0 radical (unpaired) electrons. The summed E-state index contributed by atoms with van der Waals surface area (Å²) < 4.78 is 0. The zero-order valence-corrected chi connectivity index (χ0v) is 10.5. The summed E-state index contributed by atoms with van der Waals surface area (Å²) in [5, 5.41) is 2.81. The molecule has 0 spiro atoms. The first-order valence-electron chi connectivity index (χ1n) is 5.29. The van der Waals surface area contributed by atoms with E-state index < -0.39 is 0 Å². The molecule has 0 aliphatic carbocycles. The van der Waals surface area contributed by atoms with Crippen molar-refractivity contribution in [2.75, 3.05) is 19.5 Å². The van der Waals surface area contributed by atoms with Crippen molar-refractivity contribution >= 4 is 18.0 Å². The Kier molecular flexibility index (Phi) is 8.19. The van der Waals surface area contributed by atoms with E-state index in [0.29, 0.717) is 11.8 Å². The Hall–Kier alpha value is -0.700. The predicted molar refractivity (Wildman–Crippen MR) is 64.9 cm³/mol. The second-order valence-electron chi connectivity index (χ2n) is 3.67. The average Bonchev–Trinajstić information content (AvgIpc) is 2.23. The highest BCUT2D eigenvalue weighted by molar-refractivity contribution is 6.18. The van der Waals surface area contributed by atoms with E-state index in [1.54, 1.807) is 0 Å². The molecule has 2 atom stereocenters. The van der Waals surface area contributed by atoms with Gasteiger partial charge in [-0.05, 0) is 18.5 Å². The molecule has 0 bridgehead atoms. The Balaban J connectivity index is 4.06. The summed E-state index contributed by atoms with van der Waals surface area (Å²) in [4.78, 5) is 12.4. The van der Waals surface area contributed by atoms with Crippen LogP contribution in [0.4, 0.5) is 0 Å². The third-order valence-corrected chi connectivity index (χ3v) is 2.61. The van der Waals surface area contributed by atoms with Crippen LogP contribution in [0.15, 0.2) is 12.3 Å². The monoisotopic (exact) mass is 232 g/mol. The van der Waals surface area contributed by atoms with Gasteiger partial charge in [0.15, 0.2) is 0 Å². The van der Waals surface area contributed by atoms with E-state index in [1.807, 2.05) is 18.1 Å². The molecule has 0 aromatic carbocycles. The van der Waals surface area contributed by atoms with E-state index in [1.165, 1.54) is 0 Å². The van der Waals surface area contributed by atoms with Crippen molar-refractivity contribution in [1.29, 1.82) is 0 Å². The maximum absolute atomic E-state index is 10.4. The Bertz CT molecular complexity index is 197. The molecular formula is C11H21ClN2O. The Morgan fingerprint density at radius 1 is 1.53 bits per heavy atom. The minimum absolute atomic E-state index is 0.211. The van der Waals surface area contributed by atoms with Gasteiger partial charge in [-0.25, -0.2) is 0 Å². The molecule has 4 heteroatoms. The van der Waals surface area contributed by atoms with Crippen molar-refractivity contribution in [2.24, 2.45) is 5.92 Å². The van der Waals surface area contributed by atoms with Crippen LogP contribution < -0.4 is 5.32 Å². The molecule has 0 aromatic rings. The summed E-state index contributed by atoms with van der Waals surface area (Å²) in [5.41, 5.74) is 0. The molecule has 0 heterocycles. The van der Waals surface area contributed by atoms with Gasteiger partial charge in [-0.3, -0.25) is 4.79 Å². The van der Waals surface area contributed by atoms with E-state index in [4.69, 9.17) is 11.6 Å². The molecule has 1 N–H and O–H groups in total. The zero-order valence-electron chi connectivity index (χ0n) is 9.74. The minimum Gasteiger partial charge on any atom is -0.379 e. The number of carbonyl (C=O) groups excluding carboxylic acids is 1. The van der Waals surface area contributed by atoms with E-state index in [9.17, 15) is 4.79 Å². The van der Waals surface area contributed by atoms with Crippen molar-refractivity contribution in [3.63, 3.8) is 0 Å². The highest BCUT2D eigenvalue weighted by Gasteiger charge is 2.10. The maximum atomic E-state index is 10.4. The van der Waals surface area contributed by atoms with Crippen LogP contribution in [0.25, 0.3) is 0 Å². The second-order valence-corrected chi connectivity index (χ2v) is 4.05. The quantitative estimate of drug-likeness (QED) is 0.512. The summed E-state index contributed by atoms with van der Waals surface area (Å²) in [6.07, 6.45) is 5.81. The van der Waals surface area contributed by atoms with Crippen molar-refractivity contribution in [2.45, 2.75) is 26.3 Å². The van der Waals surface area contributed by atoms with Gasteiger partial charge in [0, 0.05) is 25.5 Å². The zero-order chi connectivity index (χ0) is 11.7. The third-order valence-electron chi connectivity index (χ3n) is 2.44. The molecule has 1 amide bonds. The average molecular weight is 233 g/mol. The summed E-state index contributed by atoms with van der Waals surface area (Å²) >= 11 is 5.62. The normalized spacial score (nSPS) is 14.9. The predicted octanol–water partition coefficient (Wildman–Crippen LogP) is 1.83. The fourth-order valence-electron chi connectivity index (χ4n) is 1.35. The lowest BCUT2D eigenvalue weighted by Gasteiger charge is -2.20. The van der Waals surface area contributed by atoms with E-state index >= 15 is 0 Å². The first kappa shape index (κ1) is 14.3. The second kappa shape index (κ2) is 8.60. The lowest BCUT2D eigenvalue weighted by Crippen LogP contribution is -2.32. The highest BCUT2D eigenvalue weighted by Crippen LogP contribution is 2.08. The van der Waals surface area contributed by atoms with Crippen molar-refractivity contribution < 1.29 is 4.79 Å². The number of carbonyl (C=O) groups is 1. The first-order valence-corrected chi connectivity index (χ1v) is 5.83. The number of hydrogen-bond acceptors (Lipinski definition) is 2. The van der Waals surface area contributed by atoms with Crippen molar-refractivity contribution in [3.8, 4) is 0 Å². The number of hydrogen-bond donors (Lipinski definition) is 1. The lowest BCUT2D eigenvalue weighted by molar-refractivity contribution is -0.110. The van der Waals surface area contributed by atoms with Crippen LogP contribution in [-0.2, 0) is 4.79 Å². The summed E-state index contributed by atoms with van der Waals surface area (Å²) in [5.74, 6) is 0.955. The molecule has 0 aromatic heterocycles. The van der Waals surface area contributed by atoms with Crippen LogP contribution in [0.2, 0.25) is 0 Å². The fraction of sp³-hybridized carbons (Fsp3) is 0.727. The minimum atomic E-state index is 0.211. The van der Waals surface area contributed by atoms with Crippen molar-refractivity contribution in [3.05, 3.63) is 12.3 Å². The molecule has 0 saturated carbocycles. The van der Waals surface area contributed by atoms with Crippen LogP contribution in [0, 0.1) is 5.92 Å². The standard InChI is InChI=1S/C11H21ClN2O/c1-4-11(13-9-15)10(2)5-7-14(3)8-6-12/h5,7,9-11H,4,6,8H2,1-3H3,(H,13,15)/b7-5-. The van der Waals surface area contributed by atoms with Gasteiger partial charge >= 0.3 is 0 Å². The number of rotatable bonds is 8. The molecule has 0 rings (SSSR count). The van der Waals surface area contributed by atoms with Crippen LogP contribution >= 0.6 is 11.6 Å². The number of nitrogens with zero attached hydrogens (tertiary/aromatic N) is 1. The molecule has 0 aliphatic heterocycles. The molecule has 0 fully saturated rings. The number of nitrogens with one attached hydrogen (secondary N) is 1.